The largest absolute Gasteiger partial charge is 0.472 e. The summed E-state index contributed by atoms with van der Waals surface area (Å²) >= 11 is 0. The Labute approximate surface area is 201 Å². The van der Waals surface area contributed by atoms with Gasteiger partial charge in [0.15, 0.2) is 0 Å². The van der Waals surface area contributed by atoms with Gasteiger partial charge in [-0.3, -0.25) is 9.59 Å². The van der Waals surface area contributed by atoms with Crippen LogP contribution in [-0.4, -0.2) is 70.6 Å². The third-order valence-electron chi connectivity index (χ3n) is 7.02. The summed E-state index contributed by atoms with van der Waals surface area (Å²) in [4.78, 5) is 34.2. The van der Waals surface area contributed by atoms with E-state index in [1.54, 1.807) is 16.0 Å². The molecule has 2 aliphatic rings. The molecule has 7 nitrogen and oxygen atoms in total. The molecule has 1 aromatic heterocycles. The predicted octanol–water partition coefficient (Wildman–Crippen LogP) is 3.54. The van der Waals surface area contributed by atoms with Gasteiger partial charge in [0.2, 0.25) is 11.8 Å². The van der Waals surface area contributed by atoms with Gasteiger partial charge in [-0.1, -0.05) is 31.2 Å². The van der Waals surface area contributed by atoms with Crippen LogP contribution in [0.3, 0.4) is 0 Å². The molecule has 2 amide bonds. The minimum atomic E-state index is -0.349. The van der Waals surface area contributed by atoms with Gasteiger partial charge >= 0.3 is 0 Å². The van der Waals surface area contributed by atoms with Gasteiger partial charge in [-0.15, -0.1) is 0 Å². The smallest absolute Gasteiger partial charge is 0.259 e. The van der Waals surface area contributed by atoms with Crippen molar-refractivity contribution in [2.45, 2.75) is 52.2 Å². The molecular formula is C27H35N3O4. The quantitative estimate of drug-likeness (QED) is 0.676. The van der Waals surface area contributed by atoms with Crippen molar-refractivity contribution < 1.29 is 19.4 Å². The number of fused-ring (bicyclic) bond motifs is 1. The maximum atomic E-state index is 13.6. The summed E-state index contributed by atoms with van der Waals surface area (Å²) in [5, 5.41) is 9.85. The topological polar surface area (TPSA) is 83.0 Å². The van der Waals surface area contributed by atoms with Gasteiger partial charge in [-0.05, 0) is 49.8 Å². The van der Waals surface area contributed by atoms with E-state index in [0.717, 1.165) is 29.5 Å². The Morgan fingerprint density at radius 1 is 1.29 bits per heavy atom. The highest BCUT2D eigenvalue weighted by atomic mass is 16.5. The maximum Gasteiger partial charge on any atom is 0.259 e. The zero-order valence-electron chi connectivity index (χ0n) is 20.5. The summed E-state index contributed by atoms with van der Waals surface area (Å²) in [6.07, 6.45) is 4.25. The van der Waals surface area contributed by atoms with Crippen LogP contribution in [0.25, 0.3) is 11.1 Å². The van der Waals surface area contributed by atoms with Crippen molar-refractivity contribution in [2.24, 2.45) is 11.8 Å². The van der Waals surface area contributed by atoms with Crippen molar-refractivity contribution in [2.75, 3.05) is 26.7 Å². The highest BCUT2D eigenvalue weighted by Crippen LogP contribution is 2.34. The molecule has 182 valence electrons. The number of ether oxygens (including phenoxy) is 1. The molecule has 34 heavy (non-hydrogen) atoms. The third kappa shape index (κ3) is 5.25. The van der Waals surface area contributed by atoms with E-state index in [0.29, 0.717) is 31.0 Å². The first-order chi connectivity index (χ1) is 16.3. The lowest BCUT2D eigenvalue weighted by Gasteiger charge is -2.37. The van der Waals surface area contributed by atoms with Crippen molar-refractivity contribution in [1.29, 1.82) is 0 Å². The van der Waals surface area contributed by atoms with Gasteiger partial charge in [-0.25, -0.2) is 4.98 Å². The lowest BCUT2D eigenvalue weighted by molar-refractivity contribution is -0.131. The number of pyridine rings is 1. The number of amides is 2. The molecule has 2 heterocycles. The predicted molar refractivity (Wildman–Crippen MR) is 131 cm³/mol. The van der Waals surface area contributed by atoms with Crippen molar-refractivity contribution in [3.63, 3.8) is 0 Å². The number of aromatic nitrogens is 1. The second kappa shape index (κ2) is 10.1. The van der Waals surface area contributed by atoms with Crippen molar-refractivity contribution >= 4 is 11.8 Å². The monoisotopic (exact) mass is 465 g/mol. The number of carbonyl (C=O) groups excluding carboxylic acids is 2. The Morgan fingerprint density at radius 3 is 2.71 bits per heavy atom. The van der Waals surface area contributed by atoms with Crippen LogP contribution < -0.4 is 4.74 Å². The number of hydrogen-bond acceptors (Lipinski definition) is 5. The summed E-state index contributed by atoms with van der Waals surface area (Å²) in [5.74, 6) is 0.659. The number of rotatable bonds is 7. The van der Waals surface area contributed by atoms with E-state index in [1.165, 1.54) is 0 Å². The molecule has 1 aromatic carbocycles. The second-order valence-corrected chi connectivity index (χ2v) is 9.94. The minimum Gasteiger partial charge on any atom is -0.472 e. The van der Waals surface area contributed by atoms with E-state index in [1.807, 2.05) is 58.2 Å². The second-order valence-electron chi connectivity index (χ2n) is 9.94. The van der Waals surface area contributed by atoms with Gasteiger partial charge in [0.05, 0.1) is 19.2 Å². The molecule has 0 unspecified atom stereocenters. The van der Waals surface area contributed by atoms with E-state index in [2.05, 4.69) is 4.98 Å². The van der Waals surface area contributed by atoms with Crippen LogP contribution in [0.1, 0.15) is 49.0 Å². The van der Waals surface area contributed by atoms with Crippen molar-refractivity contribution in [1.82, 2.24) is 14.8 Å². The van der Waals surface area contributed by atoms with Gasteiger partial charge in [0, 0.05) is 37.7 Å². The van der Waals surface area contributed by atoms with Gasteiger partial charge in [0.25, 0.3) is 5.91 Å². The van der Waals surface area contributed by atoms with Gasteiger partial charge in [-0.2, -0.15) is 0 Å². The summed E-state index contributed by atoms with van der Waals surface area (Å²) in [7, 11) is 1.81. The standard InChI is InChI=1S/C27H35N3O4/c1-17-7-5-6-8-22(17)21-12-23-26(28-13-21)34-24(15-29(4)25(32)11-20-9-10-20)18(2)14-30(27(23)33)19(3)16-31/h5-8,12-13,18-20,24,31H,9-11,14-16H2,1-4H3/t18-,19-,24-/m0/s1. The van der Waals surface area contributed by atoms with Crippen LogP contribution in [0.2, 0.25) is 0 Å². The molecule has 1 saturated carbocycles. The first kappa shape index (κ1) is 24.2. The van der Waals surface area contributed by atoms with E-state index < -0.39 is 0 Å². The first-order valence-corrected chi connectivity index (χ1v) is 12.2. The van der Waals surface area contributed by atoms with Crippen LogP contribution in [0, 0.1) is 18.8 Å². The lowest BCUT2D eigenvalue weighted by atomic mass is 9.98. The Morgan fingerprint density at radius 2 is 2.03 bits per heavy atom. The van der Waals surface area contributed by atoms with Gasteiger partial charge < -0.3 is 19.6 Å². The molecule has 2 aromatic rings. The summed E-state index contributed by atoms with van der Waals surface area (Å²) in [6.45, 7) is 6.58. The lowest BCUT2D eigenvalue weighted by Crippen LogP contribution is -2.50. The van der Waals surface area contributed by atoms with E-state index >= 15 is 0 Å². The number of benzene rings is 1. The normalized spacial score (nSPS) is 21.2. The fraction of sp³-hybridized carbons (Fsp3) is 0.519. The summed E-state index contributed by atoms with van der Waals surface area (Å²) in [6, 6.07) is 9.45. The number of likely N-dealkylation sites (N-methyl/N-ethyl adjacent to an activating group) is 1. The Hall–Kier alpha value is -2.93. The van der Waals surface area contributed by atoms with E-state index in [-0.39, 0.29) is 42.4 Å². The highest BCUT2D eigenvalue weighted by molar-refractivity contribution is 5.98. The molecule has 0 bridgehead atoms. The van der Waals surface area contributed by atoms with Crippen LogP contribution in [0.15, 0.2) is 36.5 Å². The first-order valence-electron chi connectivity index (χ1n) is 12.2. The van der Waals surface area contributed by atoms with E-state index in [9.17, 15) is 14.7 Å². The molecule has 1 fully saturated rings. The van der Waals surface area contributed by atoms with Crippen LogP contribution in [0.5, 0.6) is 5.88 Å². The number of hydrogen-bond donors (Lipinski definition) is 1. The Bertz CT molecular complexity index is 1050. The van der Waals surface area contributed by atoms with E-state index in [4.69, 9.17) is 4.74 Å². The summed E-state index contributed by atoms with van der Waals surface area (Å²) in [5.41, 5.74) is 3.31. The molecule has 7 heteroatoms. The fourth-order valence-electron chi connectivity index (χ4n) is 4.46. The number of aryl methyl sites for hydroxylation is 1. The zero-order chi connectivity index (χ0) is 24.4. The highest BCUT2D eigenvalue weighted by Gasteiger charge is 2.35. The van der Waals surface area contributed by atoms with Crippen LogP contribution >= 0.6 is 0 Å². The van der Waals surface area contributed by atoms with Crippen LogP contribution in [0.4, 0.5) is 0 Å². The minimum absolute atomic E-state index is 0.0554. The fourth-order valence-corrected chi connectivity index (χ4v) is 4.46. The van der Waals surface area contributed by atoms with Gasteiger partial charge in [0.1, 0.15) is 11.7 Å². The SMILES string of the molecule is Cc1ccccc1-c1cnc2c(c1)C(=O)N([C@@H](C)CO)C[C@H](C)[C@H](CN(C)C(=O)CC1CC1)O2. The molecule has 1 aliphatic carbocycles. The maximum absolute atomic E-state index is 13.6. The van der Waals surface area contributed by atoms with Crippen LogP contribution in [-0.2, 0) is 4.79 Å². The Kier molecular flexibility index (Phi) is 7.22. The molecule has 0 radical (unpaired) electrons. The molecule has 0 spiro atoms. The molecule has 1 N–H and O–H groups in total. The molecule has 1 aliphatic heterocycles. The number of nitrogens with zero attached hydrogens (tertiary/aromatic N) is 3. The Balaban J connectivity index is 1.67. The molecular weight excluding hydrogens is 430 g/mol. The number of aliphatic hydroxyl groups is 1. The number of aliphatic hydroxyl groups excluding tert-OH is 1. The molecule has 4 rings (SSSR count). The van der Waals surface area contributed by atoms with Crippen molar-refractivity contribution in [3.8, 4) is 17.0 Å². The average Bonchev–Trinajstić information content (AvgIpc) is 3.64. The molecule has 0 saturated heterocycles. The summed E-state index contributed by atoms with van der Waals surface area (Å²) < 4.78 is 6.33. The third-order valence-corrected chi connectivity index (χ3v) is 7.02. The number of carbonyl (C=O) groups is 2. The zero-order valence-corrected chi connectivity index (χ0v) is 20.5. The average molecular weight is 466 g/mol. The molecule has 3 atom stereocenters. The van der Waals surface area contributed by atoms with Crippen molar-refractivity contribution in [3.05, 3.63) is 47.7 Å².